The van der Waals surface area contributed by atoms with Crippen molar-refractivity contribution >= 4 is 33.8 Å². The van der Waals surface area contributed by atoms with Crippen LogP contribution < -0.4 is 0 Å². The van der Waals surface area contributed by atoms with Gasteiger partial charge in [-0.15, -0.1) is 0 Å². The smallest absolute Gasteiger partial charge is 0.0708 e. The third-order valence-electron chi connectivity index (χ3n) is 4.06. The first-order chi connectivity index (χ1) is 10.8. The number of aromatic amines is 1. The van der Waals surface area contributed by atoms with Crippen molar-refractivity contribution in [2.45, 2.75) is 6.92 Å². The molecule has 2 aromatic heterocycles. The summed E-state index contributed by atoms with van der Waals surface area (Å²) in [4.78, 5) is 7.95. The van der Waals surface area contributed by atoms with E-state index in [1.165, 1.54) is 32.9 Å². The zero-order chi connectivity index (χ0) is 14.9. The third kappa shape index (κ3) is 2.09. The van der Waals surface area contributed by atoms with Gasteiger partial charge in [0.25, 0.3) is 0 Å². The zero-order valence-corrected chi connectivity index (χ0v) is 12.4. The van der Waals surface area contributed by atoms with Crippen LogP contribution in [-0.4, -0.2) is 9.97 Å². The van der Waals surface area contributed by atoms with Gasteiger partial charge < -0.3 is 4.98 Å². The Morgan fingerprint density at radius 3 is 2.55 bits per heavy atom. The highest BCUT2D eigenvalue weighted by molar-refractivity contribution is 5.96. The number of benzene rings is 2. The van der Waals surface area contributed by atoms with Crippen molar-refractivity contribution < 1.29 is 0 Å². The molecule has 106 valence electrons. The molecule has 4 aromatic rings. The average molecular weight is 284 g/mol. The van der Waals surface area contributed by atoms with E-state index in [-0.39, 0.29) is 0 Å². The summed E-state index contributed by atoms with van der Waals surface area (Å²) in [6, 6.07) is 18.8. The van der Waals surface area contributed by atoms with Gasteiger partial charge in [0.1, 0.15) is 0 Å². The molecule has 0 unspecified atom stereocenters. The van der Waals surface area contributed by atoms with Crippen molar-refractivity contribution in [3.8, 4) is 0 Å². The first kappa shape index (κ1) is 12.8. The van der Waals surface area contributed by atoms with Gasteiger partial charge in [0.15, 0.2) is 0 Å². The first-order valence-corrected chi connectivity index (χ1v) is 7.42. The lowest BCUT2D eigenvalue weighted by Gasteiger charge is -2.01. The Labute approximate surface area is 129 Å². The number of pyridine rings is 1. The number of hydrogen-bond donors (Lipinski definition) is 1. The summed E-state index contributed by atoms with van der Waals surface area (Å²) in [6.07, 6.45) is 6.12. The van der Waals surface area contributed by atoms with E-state index in [9.17, 15) is 0 Å². The summed E-state index contributed by atoms with van der Waals surface area (Å²) in [6.45, 7) is 2.11. The van der Waals surface area contributed by atoms with Crippen molar-refractivity contribution in [2.24, 2.45) is 0 Å². The molecule has 0 atom stereocenters. The number of rotatable bonds is 2. The maximum atomic E-state index is 4.52. The largest absolute Gasteiger partial charge is 0.358 e. The second kappa shape index (κ2) is 5.15. The van der Waals surface area contributed by atoms with Gasteiger partial charge >= 0.3 is 0 Å². The van der Waals surface area contributed by atoms with Gasteiger partial charge in [-0.2, -0.15) is 0 Å². The fraction of sp³-hybridized carbons (Fsp3) is 0.0500. The van der Waals surface area contributed by atoms with Gasteiger partial charge in [0.05, 0.1) is 5.69 Å². The molecule has 0 spiro atoms. The molecule has 22 heavy (non-hydrogen) atoms. The Morgan fingerprint density at radius 2 is 1.64 bits per heavy atom. The van der Waals surface area contributed by atoms with E-state index < -0.39 is 0 Å². The highest BCUT2D eigenvalue weighted by atomic mass is 14.7. The second-order valence-corrected chi connectivity index (χ2v) is 5.46. The number of para-hydroxylation sites is 1. The van der Waals surface area contributed by atoms with Gasteiger partial charge in [-0.1, -0.05) is 48.5 Å². The third-order valence-corrected chi connectivity index (χ3v) is 4.06. The molecule has 0 amide bonds. The van der Waals surface area contributed by atoms with Crippen LogP contribution in [0.25, 0.3) is 33.8 Å². The van der Waals surface area contributed by atoms with E-state index in [1.54, 1.807) is 0 Å². The number of fused-ring (bicyclic) bond motifs is 2. The Balaban J connectivity index is 1.84. The van der Waals surface area contributed by atoms with Crippen LogP contribution in [0.1, 0.15) is 17.0 Å². The summed E-state index contributed by atoms with van der Waals surface area (Å²) >= 11 is 0. The van der Waals surface area contributed by atoms with Gasteiger partial charge in [0.2, 0.25) is 0 Å². The van der Waals surface area contributed by atoms with E-state index in [0.717, 1.165) is 5.69 Å². The summed E-state index contributed by atoms with van der Waals surface area (Å²) in [5, 5.41) is 3.64. The summed E-state index contributed by atoms with van der Waals surface area (Å²) in [5.41, 5.74) is 4.58. The fourth-order valence-electron chi connectivity index (χ4n) is 2.95. The van der Waals surface area contributed by atoms with Gasteiger partial charge in [-0.25, -0.2) is 0 Å². The second-order valence-electron chi connectivity index (χ2n) is 5.46. The number of H-pyrrole nitrogens is 1. The standard InChI is InChI=1S/C20H16N2/c1-14-16(18-8-4-5-9-20(18)22-14)10-11-19-17-7-3-2-6-15(17)12-13-21-19/h2-13,22H,1H3/b11-10-. The van der Waals surface area contributed by atoms with Crippen LogP contribution in [0.5, 0.6) is 0 Å². The summed E-state index contributed by atoms with van der Waals surface area (Å²) < 4.78 is 0. The number of aryl methyl sites for hydroxylation is 1. The number of aromatic nitrogens is 2. The fourth-order valence-corrected chi connectivity index (χ4v) is 2.95. The molecule has 2 heteroatoms. The Morgan fingerprint density at radius 1 is 0.864 bits per heavy atom. The topological polar surface area (TPSA) is 28.7 Å². The number of nitrogens with zero attached hydrogens (tertiary/aromatic N) is 1. The van der Waals surface area contributed by atoms with E-state index in [4.69, 9.17) is 0 Å². The maximum Gasteiger partial charge on any atom is 0.0708 e. The Hall–Kier alpha value is -2.87. The minimum Gasteiger partial charge on any atom is -0.358 e. The minimum atomic E-state index is 1.00. The molecule has 0 saturated carbocycles. The van der Waals surface area contributed by atoms with Crippen LogP contribution >= 0.6 is 0 Å². The maximum absolute atomic E-state index is 4.52. The van der Waals surface area contributed by atoms with E-state index in [2.05, 4.69) is 77.6 Å². The predicted octanol–water partition coefficient (Wildman–Crippen LogP) is 5.19. The molecular weight excluding hydrogens is 268 g/mol. The lowest BCUT2D eigenvalue weighted by Crippen LogP contribution is -1.83. The molecule has 0 saturated heterocycles. The monoisotopic (exact) mass is 284 g/mol. The normalized spacial score (nSPS) is 11.7. The molecule has 0 radical (unpaired) electrons. The molecule has 2 nitrogen and oxygen atoms in total. The van der Waals surface area contributed by atoms with Crippen molar-refractivity contribution in [2.75, 3.05) is 0 Å². The van der Waals surface area contributed by atoms with Gasteiger partial charge in [0, 0.05) is 33.7 Å². The molecule has 4 rings (SSSR count). The Bertz CT molecular complexity index is 988. The quantitative estimate of drug-likeness (QED) is 0.539. The molecule has 2 heterocycles. The Kier molecular flexibility index (Phi) is 3.01. The summed E-state index contributed by atoms with van der Waals surface area (Å²) in [5.74, 6) is 0. The molecular formula is C20H16N2. The van der Waals surface area contributed by atoms with E-state index in [0.29, 0.717) is 0 Å². The van der Waals surface area contributed by atoms with Crippen LogP contribution in [0.15, 0.2) is 60.8 Å². The van der Waals surface area contributed by atoms with Crippen LogP contribution in [0.2, 0.25) is 0 Å². The molecule has 0 bridgehead atoms. The molecule has 0 aliphatic carbocycles. The average Bonchev–Trinajstić information content (AvgIpc) is 2.88. The van der Waals surface area contributed by atoms with Crippen LogP contribution in [0, 0.1) is 6.92 Å². The molecule has 0 aliphatic heterocycles. The van der Waals surface area contributed by atoms with Crippen LogP contribution in [0.3, 0.4) is 0 Å². The zero-order valence-electron chi connectivity index (χ0n) is 12.4. The first-order valence-electron chi connectivity index (χ1n) is 7.42. The van der Waals surface area contributed by atoms with Gasteiger partial charge in [-0.05, 0) is 30.5 Å². The van der Waals surface area contributed by atoms with E-state index in [1.807, 2.05) is 12.3 Å². The molecule has 0 fully saturated rings. The lowest BCUT2D eigenvalue weighted by molar-refractivity contribution is 1.29. The van der Waals surface area contributed by atoms with Crippen molar-refractivity contribution in [3.63, 3.8) is 0 Å². The van der Waals surface area contributed by atoms with Gasteiger partial charge in [-0.3, -0.25) is 4.98 Å². The van der Waals surface area contributed by atoms with Crippen molar-refractivity contribution in [1.29, 1.82) is 0 Å². The highest BCUT2D eigenvalue weighted by Crippen LogP contribution is 2.25. The highest BCUT2D eigenvalue weighted by Gasteiger charge is 2.05. The van der Waals surface area contributed by atoms with Crippen molar-refractivity contribution in [1.82, 2.24) is 9.97 Å². The molecule has 2 aromatic carbocycles. The predicted molar refractivity (Wildman–Crippen MR) is 93.7 cm³/mol. The minimum absolute atomic E-state index is 1.00. The molecule has 1 N–H and O–H groups in total. The van der Waals surface area contributed by atoms with Crippen LogP contribution in [-0.2, 0) is 0 Å². The molecule has 0 aliphatic rings. The lowest BCUT2D eigenvalue weighted by atomic mass is 10.1. The SMILES string of the molecule is Cc1[nH]c2ccccc2c1/C=C\c1nccc2ccccc12. The number of hydrogen-bond acceptors (Lipinski definition) is 1. The van der Waals surface area contributed by atoms with Crippen molar-refractivity contribution in [3.05, 3.63) is 77.7 Å². The number of nitrogens with one attached hydrogen (secondary N) is 1. The van der Waals surface area contributed by atoms with E-state index >= 15 is 0 Å². The van der Waals surface area contributed by atoms with Crippen LogP contribution in [0.4, 0.5) is 0 Å². The summed E-state index contributed by atoms with van der Waals surface area (Å²) in [7, 11) is 0.